The number of aromatic hydroxyl groups is 1. The first-order valence-electron chi connectivity index (χ1n) is 12.1. The molecule has 1 saturated heterocycles. The number of nitrogens with zero attached hydrogens (tertiary/aromatic N) is 1. The van der Waals surface area contributed by atoms with E-state index in [0.717, 1.165) is 11.1 Å². The summed E-state index contributed by atoms with van der Waals surface area (Å²) in [7, 11) is 1.76. The normalized spacial score (nSPS) is 20.8. The molecule has 0 radical (unpaired) electrons. The maximum Gasteiger partial charge on any atom is 0.244 e. The van der Waals surface area contributed by atoms with Crippen molar-refractivity contribution >= 4 is 23.6 Å². The Kier molecular flexibility index (Phi) is 9.99. The molecule has 11 nitrogen and oxygen atoms in total. The zero-order chi connectivity index (χ0) is 26.8. The van der Waals surface area contributed by atoms with E-state index in [4.69, 9.17) is 5.73 Å². The highest BCUT2D eigenvalue weighted by Gasteiger charge is 2.27. The predicted octanol–water partition coefficient (Wildman–Crippen LogP) is -1.35. The number of amides is 4. The topological polar surface area (TPSA) is 166 Å². The fourth-order valence-corrected chi connectivity index (χ4v) is 3.94. The number of nitrogens with two attached hydrogens (primary N) is 1. The molecule has 0 bridgehead atoms. The van der Waals surface area contributed by atoms with Crippen LogP contribution in [0, 0.1) is 0 Å². The van der Waals surface area contributed by atoms with Crippen molar-refractivity contribution in [3.05, 3.63) is 65.7 Å². The standard InChI is InChI=1S/C26H34N6O5/c1-32-12-11-28-25(36)21(14-17-5-3-2-4-6-17)30-23(34)15-29-26(37)22(16-32)31-24(35)20(27)13-18-7-9-19(33)10-8-18/h2-10,20-22,33H,11-16,27H2,1H3,(H,28,36)(H,29,37)(H,30,34)(H,31,35)/t20-,21-,22-/m0/s1. The van der Waals surface area contributed by atoms with Crippen LogP contribution in [0.3, 0.4) is 0 Å². The Hall–Kier alpha value is -3.96. The Morgan fingerprint density at radius 1 is 1.05 bits per heavy atom. The molecule has 2 aromatic rings. The molecule has 0 aromatic heterocycles. The van der Waals surface area contributed by atoms with Crippen molar-refractivity contribution in [3.63, 3.8) is 0 Å². The van der Waals surface area contributed by atoms with Gasteiger partial charge in [0, 0.05) is 26.1 Å². The predicted molar refractivity (Wildman–Crippen MR) is 137 cm³/mol. The lowest BCUT2D eigenvalue weighted by atomic mass is 10.1. The largest absolute Gasteiger partial charge is 0.508 e. The van der Waals surface area contributed by atoms with E-state index in [0.29, 0.717) is 19.5 Å². The van der Waals surface area contributed by atoms with Gasteiger partial charge < -0.3 is 37.0 Å². The highest BCUT2D eigenvalue weighted by Crippen LogP contribution is 2.11. The number of hydrogen-bond donors (Lipinski definition) is 6. The quantitative estimate of drug-likeness (QED) is 0.280. The Labute approximate surface area is 215 Å². The number of nitrogens with one attached hydrogen (secondary N) is 4. The second kappa shape index (κ2) is 13.4. The highest BCUT2D eigenvalue weighted by molar-refractivity contribution is 5.93. The van der Waals surface area contributed by atoms with Crippen LogP contribution in [-0.2, 0) is 32.0 Å². The van der Waals surface area contributed by atoms with E-state index in [-0.39, 0.29) is 31.2 Å². The molecule has 0 spiro atoms. The number of phenolic OH excluding ortho intramolecular Hbond substituents is 1. The minimum absolute atomic E-state index is 0.108. The minimum atomic E-state index is -0.965. The lowest BCUT2D eigenvalue weighted by molar-refractivity contribution is -0.131. The number of benzene rings is 2. The van der Waals surface area contributed by atoms with Crippen molar-refractivity contribution in [2.24, 2.45) is 5.73 Å². The number of likely N-dealkylation sites (N-methyl/N-ethyl adjacent to an activating group) is 1. The summed E-state index contributed by atoms with van der Waals surface area (Å²) < 4.78 is 0. The molecule has 198 valence electrons. The molecule has 0 saturated carbocycles. The maximum atomic E-state index is 12.9. The van der Waals surface area contributed by atoms with Gasteiger partial charge in [-0.2, -0.15) is 0 Å². The lowest BCUT2D eigenvalue weighted by Crippen LogP contribution is -2.57. The zero-order valence-corrected chi connectivity index (χ0v) is 20.8. The van der Waals surface area contributed by atoms with Crippen LogP contribution in [0.4, 0.5) is 0 Å². The summed E-state index contributed by atoms with van der Waals surface area (Å²) in [6.07, 6.45) is 0.521. The summed E-state index contributed by atoms with van der Waals surface area (Å²) in [6, 6.07) is 13.0. The van der Waals surface area contributed by atoms with Crippen molar-refractivity contribution < 1.29 is 24.3 Å². The molecule has 1 aliphatic heterocycles. The number of carbonyl (C=O) groups excluding carboxylic acids is 4. The Bertz CT molecular complexity index is 1080. The van der Waals surface area contributed by atoms with Crippen LogP contribution < -0.4 is 27.0 Å². The van der Waals surface area contributed by atoms with Crippen LogP contribution in [0.2, 0.25) is 0 Å². The van der Waals surface area contributed by atoms with Gasteiger partial charge in [-0.15, -0.1) is 0 Å². The fraction of sp³-hybridized carbons (Fsp3) is 0.385. The van der Waals surface area contributed by atoms with Crippen LogP contribution in [0.5, 0.6) is 5.75 Å². The third-order valence-electron chi connectivity index (χ3n) is 6.01. The number of carbonyl (C=O) groups is 4. The van der Waals surface area contributed by atoms with E-state index in [1.807, 2.05) is 30.3 Å². The van der Waals surface area contributed by atoms with Crippen molar-refractivity contribution in [1.82, 2.24) is 26.2 Å². The average Bonchev–Trinajstić information content (AvgIpc) is 2.88. The van der Waals surface area contributed by atoms with Crippen LogP contribution in [0.1, 0.15) is 11.1 Å². The molecule has 1 heterocycles. The van der Waals surface area contributed by atoms with Crippen molar-refractivity contribution in [3.8, 4) is 5.75 Å². The molecule has 1 fully saturated rings. The van der Waals surface area contributed by atoms with Gasteiger partial charge in [-0.1, -0.05) is 42.5 Å². The molecule has 4 amide bonds. The van der Waals surface area contributed by atoms with E-state index in [9.17, 15) is 24.3 Å². The number of hydrogen-bond acceptors (Lipinski definition) is 7. The summed E-state index contributed by atoms with van der Waals surface area (Å²) in [4.78, 5) is 52.8. The van der Waals surface area contributed by atoms with E-state index in [1.165, 1.54) is 12.1 Å². The van der Waals surface area contributed by atoms with E-state index >= 15 is 0 Å². The van der Waals surface area contributed by atoms with Gasteiger partial charge in [0.05, 0.1) is 12.6 Å². The molecule has 1 aliphatic rings. The van der Waals surface area contributed by atoms with Gasteiger partial charge >= 0.3 is 0 Å². The van der Waals surface area contributed by atoms with E-state index in [2.05, 4.69) is 21.3 Å². The molecular weight excluding hydrogens is 476 g/mol. The molecule has 0 unspecified atom stereocenters. The number of rotatable bonds is 6. The Morgan fingerprint density at radius 3 is 2.46 bits per heavy atom. The lowest BCUT2D eigenvalue weighted by Gasteiger charge is -2.25. The molecule has 11 heteroatoms. The molecular formula is C26H34N6O5. The SMILES string of the molecule is CN1CCNC(=O)[C@H](Cc2ccccc2)NC(=O)CNC(=O)[C@@H](NC(=O)[C@@H](N)Cc2ccc(O)cc2)C1. The van der Waals surface area contributed by atoms with Gasteiger partial charge in [0.15, 0.2) is 0 Å². The highest BCUT2D eigenvalue weighted by atomic mass is 16.3. The molecule has 2 aromatic carbocycles. The van der Waals surface area contributed by atoms with Crippen LogP contribution in [0.15, 0.2) is 54.6 Å². The van der Waals surface area contributed by atoms with Gasteiger partial charge in [0.1, 0.15) is 17.8 Å². The fourth-order valence-electron chi connectivity index (χ4n) is 3.94. The second-order valence-corrected chi connectivity index (χ2v) is 9.12. The van der Waals surface area contributed by atoms with Gasteiger partial charge in [0.2, 0.25) is 23.6 Å². The smallest absolute Gasteiger partial charge is 0.244 e. The first kappa shape index (κ1) is 27.6. The Morgan fingerprint density at radius 2 is 1.76 bits per heavy atom. The first-order chi connectivity index (χ1) is 17.7. The second-order valence-electron chi connectivity index (χ2n) is 9.12. The summed E-state index contributed by atoms with van der Waals surface area (Å²) >= 11 is 0. The first-order valence-corrected chi connectivity index (χ1v) is 12.1. The van der Waals surface area contributed by atoms with Crippen LogP contribution in [-0.4, -0.2) is 85.0 Å². The monoisotopic (exact) mass is 510 g/mol. The maximum absolute atomic E-state index is 12.9. The van der Waals surface area contributed by atoms with E-state index in [1.54, 1.807) is 24.1 Å². The molecule has 0 aliphatic carbocycles. The van der Waals surface area contributed by atoms with Gasteiger partial charge in [0.25, 0.3) is 0 Å². The minimum Gasteiger partial charge on any atom is -0.508 e. The van der Waals surface area contributed by atoms with Crippen LogP contribution in [0.25, 0.3) is 0 Å². The molecule has 37 heavy (non-hydrogen) atoms. The van der Waals surface area contributed by atoms with E-state index < -0.39 is 35.8 Å². The summed E-state index contributed by atoms with van der Waals surface area (Å²) in [5, 5.41) is 20.2. The molecule has 3 atom stereocenters. The van der Waals surface area contributed by atoms with Gasteiger partial charge in [-0.3, -0.25) is 19.2 Å². The van der Waals surface area contributed by atoms with Crippen molar-refractivity contribution in [1.29, 1.82) is 0 Å². The third-order valence-corrected chi connectivity index (χ3v) is 6.01. The summed E-state index contributed by atoms with van der Waals surface area (Å²) in [5.41, 5.74) is 7.71. The molecule has 7 N–H and O–H groups in total. The average molecular weight is 511 g/mol. The van der Waals surface area contributed by atoms with Crippen molar-refractivity contribution in [2.45, 2.75) is 31.0 Å². The summed E-state index contributed by atoms with van der Waals surface area (Å²) in [6.45, 7) is 0.498. The number of phenols is 1. The van der Waals surface area contributed by atoms with Gasteiger partial charge in [-0.05, 0) is 36.7 Å². The third kappa shape index (κ3) is 8.89. The van der Waals surface area contributed by atoms with Gasteiger partial charge in [-0.25, -0.2) is 0 Å². The zero-order valence-electron chi connectivity index (χ0n) is 20.8. The summed E-state index contributed by atoms with van der Waals surface area (Å²) in [5.74, 6) is -1.79. The Balaban J connectivity index is 1.64. The van der Waals surface area contributed by atoms with Crippen LogP contribution >= 0.6 is 0 Å². The van der Waals surface area contributed by atoms with Crippen molar-refractivity contribution in [2.75, 3.05) is 33.2 Å². The molecule has 3 rings (SSSR count).